The molecular formula is C17H21FN4O3. The van der Waals surface area contributed by atoms with Crippen molar-refractivity contribution in [3.63, 3.8) is 0 Å². The van der Waals surface area contributed by atoms with E-state index in [1.165, 1.54) is 11.0 Å². The predicted molar refractivity (Wildman–Crippen MR) is 88.8 cm³/mol. The fourth-order valence-corrected chi connectivity index (χ4v) is 2.77. The summed E-state index contributed by atoms with van der Waals surface area (Å²) in [6.45, 7) is 1.86. The number of aromatic nitrogens is 2. The van der Waals surface area contributed by atoms with Gasteiger partial charge in [0.25, 0.3) is 0 Å². The quantitative estimate of drug-likeness (QED) is 0.894. The first-order chi connectivity index (χ1) is 12.0. The molecule has 0 bridgehead atoms. The van der Waals surface area contributed by atoms with Crippen molar-refractivity contribution in [3.05, 3.63) is 35.7 Å². The Labute approximate surface area is 145 Å². The second kappa shape index (κ2) is 7.50. The Bertz CT molecular complexity index is 743. The van der Waals surface area contributed by atoms with Crippen molar-refractivity contribution in [1.29, 1.82) is 0 Å². The topological polar surface area (TPSA) is 80.5 Å². The van der Waals surface area contributed by atoms with Gasteiger partial charge in [0.2, 0.25) is 5.89 Å². The highest BCUT2D eigenvalue weighted by Crippen LogP contribution is 2.27. The van der Waals surface area contributed by atoms with Gasteiger partial charge in [-0.3, -0.25) is 0 Å². The van der Waals surface area contributed by atoms with Gasteiger partial charge in [-0.05, 0) is 37.8 Å². The van der Waals surface area contributed by atoms with E-state index in [1.807, 2.05) is 0 Å². The van der Waals surface area contributed by atoms with Crippen LogP contribution in [0.5, 0.6) is 5.75 Å². The average molecular weight is 348 g/mol. The normalized spacial score (nSPS) is 14.5. The minimum absolute atomic E-state index is 0.0829. The third-order valence-electron chi connectivity index (χ3n) is 4.07. The molecule has 8 heteroatoms. The number of hydrogen-bond donors (Lipinski definition) is 1. The fourth-order valence-electron chi connectivity index (χ4n) is 2.77. The largest absolute Gasteiger partial charge is 0.487 e. The summed E-state index contributed by atoms with van der Waals surface area (Å²) in [5, 5.41) is 6.37. The van der Waals surface area contributed by atoms with Crippen LogP contribution in [-0.4, -0.2) is 34.2 Å². The molecule has 1 saturated carbocycles. The highest BCUT2D eigenvalue weighted by atomic mass is 19.1. The summed E-state index contributed by atoms with van der Waals surface area (Å²) in [6.07, 6.45) is 4.23. The molecule has 1 aromatic carbocycles. The van der Waals surface area contributed by atoms with Crippen molar-refractivity contribution in [1.82, 2.24) is 15.0 Å². The summed E-state index contributed by atoms with van der Waals surface area (Å²) in [4.78, 5) is 17.6. The predicted octanol–water partition coefficient (Wildman–Crippen LogP) is 3.50. The van der Waals surface area contributed by atoms with Crippen LogP contribution >= 0.6 is 0 Å². The van der Waals surface area contributed by atoms with Crippen LogP contribution in [0, 0.1) is 12.7 Å². The Hall–Kier alpha value is -2.64. The number of benzene rings is 1. The van der Waals surface area contributed by atoms with E-state index in [4.69, 9.17) is 9.26 Å². The van der Waals surface area contributed by atoms with Gasteiger partial charge in [0.1, 0.15) is 0 Å². The maximum Gasteiger partial charge on any atom is 0.321 e. The molecule has 7 nitrogen and oxygen atoms in total. The molecule has 1 heterocycles. The number of rotatable bonds is 5. The maximum absolute atomic E-state index is 14.2. The number of aryl methyl sites for hydroxylation is 1. The average Bonchev–Trinajstić information content (AvgIpc) is 3.22. The number of urea groups is 1. The van der Waals surface area contributed by atoms with Crippen LogP contribution in [0.25, 0.3) is 0 Å². The molecule has 0 aliphatic heterocycles. The summed E-state index contributed by atoms with van der Waals surface area (Å²) in [6, 6.07) is 4.03. The molecule has 1 aromatic heterocycles. The molecule has 1 aliphatic rings. The second-order valence-corrected chi connectivity index (χ2v) is 6.19. The molecule has 0 spiro atoms. The highest BCUT2D eigenvalue weighted by Gasteiger charge is 2.19. The van der Waals surface area contributed by atoms with E-state index in [0.717, 1.165) is 25.7 Å². The third kappa shape index (κ3) is 4.46. The van der Waals surface area contributed by atoms with Crippen LogP contribution < -0.4 is 10.1 Å². The van der Waals surface area contributed by atoms with Crippen molar-refractivity contribution in [3.8, 4) is 5.75 Å². The zero-order valence-electron chi connectivity index (χ0n) is 14.3. The number of ether oxygens (including phenoxy) is 1. The molecule has 1 aliphatic carbocycles. The molecule has 0 saturated heterocycles. The van der Waals surface area contributed by atoms with Crippen LogP contribution in [0.1, 0.15) is 37.4 Å². The maximum atomic E-state index is 14.2. The molecule has 1 fully saturated rings. The minimum Gasteiger partial charge on any atom is -0.487 e. The van der Waals surface area contributed by atoms with Gasteiger partial charge in [0.15, 0.2) is 17.4 Å². The molecule has 134 valence electrons. The standard InChI is InChI=1S/C17H21FN4O3/c1-11-19-16(21-25-11)10-22(2)17(23)20-12-7-8-15(14(18)9-12)24-13-5-3-4-6-13/h7-9,13H,3-6,10H2,1-2H3,(H,20,23). The van der Waals surface area contributed by atoms with Crippen LogP contribution in [0.2, 0.25) is 0 Å². The third-order valence-corrected chi connectivity index (χ3v) is 4.07. The lowest BCUT2D eigenvalue weighted by Crippen LogP contribution is -2.31. The van der Waals surface area contributed by atoms with Gasteiger partial charge in [0, 0.05) is 25.7 Å². The second-order valence-electron chi connectivity index (χ2n) is 6.19. The van der Waals surface area contributed by atoms with Gasteiger partial charge >= 0.3 is 6.03 Å². The lowest BCUT2D eigenvalue weighted by atomic mass is 10.2. The van der Waals surface area contributed by atoms with Crippen molar-refractivity contribution >= 4 is 11.7 Å². The van der Waals surface area contributed by atoms with Crippen molar-refractivity contribution in [2.24, 2.45) is 0 Å². The van der Waals surface area contributed by atoms with Gasteiger partial charge in [-0.2, -0.15) is 4.98 Å². The molecule has 3 rings (SSSR count). The Morgan fingerprint density at radius 3 is 2.84 bits per heavy atom. The van der Waals surface area contributed by atoms with E-state index in [0.29, 0.717) is 17.4 Å². The zero-order valence-corrected chi connectivity index (χ0v) is 14.3. The Balaban J connectivity index is 1.57. The Kier molecular flexibility index (Phi) is 5.16. The monoisotopic (exact) mass is 348 g/mol. The van der Waals surface area contributed by atoms with Crippen molar-refractivity contribution < 1.29 is 18.4 Å². The van der Waals surface area contributed by atoms with Gasteiger partial charge in [-0.25, -0.2) is 9.18 Å². The lowest BCUT2D eigenvalue weighted by Gasteiger charge is -2.17. The van der Waals surface area contributed by atoms with Crippen LogP contribution in [0.15, 0.2) is 22.7 Å². The Morgan fingerprint density at radius 2 is 2.20 bits per heavy atom. The van der Waals surface area contributed by atoms with E-state index in [-0.39, 0.29) is 18.4 Å². The number of carbonyl (C=O) groups excluding carboxylic acids is 1. The van der Waals surface area contributed by atoms with Crippen molar-refractivity contribution in [2.45, 2.75) is 45.3 Å². The number of amides is 2. The number of anilines is 1. The van der Waals surface area contributed by atoms with Gasteiger partial charge < -0.3 is 19.5 Å². The number of nitrogens with zero attached hydrogens (tertiary/aromatic N) is 3. The molecule has 0 unspecified atom stereocenters. The first-order valence-corrected chi connectivity index (χ1v) is 8.29. The number of nitrogens with one attached hydrogen (secondary N) is 1. The first kappa shape index (κ1) is 17.2. The molecular weight excluding hydrogens is 327 g/mol. The van der Waals surface area contributed by atoms with E-state index in [2.05, 4.69) is 15.5 Å². The molecule has 2 amide bonds. The first-order valence-electron chi connectivity index (χ1n) is 8.29. The summed E-state index contributed by atoms with van der Waals surface area (Å²) in [5.74, 6) is 0.576. The minimum atomic E-state index is -0.485. The van der Waals surface area contributed by atoms with Crippen LogP contribution in [0.3, 0.4) is 0 Å². The van der Waals surface area contributed by atoms with Gasteiger partial charge in [-0.1, -0.05) is 5.16 Å². The molecule has 0 radical (unpaired) electrons. The number of halogens is 1. The van der Waals surface area contributed by atoms with Crippen LogP contribution in [-0.2, 0) is 6.54 Å². The summed E-state index contributed by atoms with van der Waals surface area (Å²) in [7, 11) is 1.59. The van der Waals surface area contributed by atoms with Gasteiger partial charge in [-0.15, -0.1) is 0 Å². The molecule has 0 atom stereocenters. The number of hydrogen-bond acceptors (Lipinski definition) is 5. The molecule has 1 N–H and O–H groups in total. The fraction of sp³-hybridized carbons (Fsp3) is 0.471. The SMILES string of the molecule is Cc1nc(CN(C)C(=O)Nc2ccc(OC3CCCC3)c(F)c2)no1. The van der Waals surface area contributed by atoms with E-state index in [1.54, 1.807) is 26.1 Å². The van der Waals surface area contributed by atoms with E-state index < -0.39 is 11.8 Å². The summed E-state index contributed by atoms with van der Waals surface area (Å²) >= 11 is 0. The lowest BCUT2D eigenvalue weighted by molar-refractivity contribution is 0.200. The Morgan fingerprint density at radius 1 is 1.44 bits per heavy atom. The molecule has 2 aromatic rings. The molecule has 25 heavy (non-hydrogen) atoms. The van der Waals surface area contributed by atoms with Gasteiger partial charge in [0.05, 0.1) is 12.6 Å². The van der Waals surface area contributed by atoms with Crippen molar-refractivity contribution in [2.75, 3.05) is 12.4 Å². The highest BCUT2D eigenvalue weighted by molar-refractivity contribution is 5.89. The smallest absolute Gasteiger partial charge is 0.321 e. The summed E-state index contributed by atoms with van der Waals surface area (Å²) < 4.78 is 24.7. The summed E-state index contributed by atoms with van der Waals surface area (Å²) in [5.41, 5.74) is 0.359. The number of carbonyl (C=O) groups is 1. The van der Waals surface area contributed by atoms with E-state index >= 15 is 0 Å². The zero-order chi connectivity index (χ0) is 17.8. The van der Waals surface area contributed by atoms with E-state index in [9.17, 15) is 9.18 Å². The van der Waals surface area contributed by atoms with Crippen LogP contribution in [0.4, 0.5) is 14.9 Å².